The van der Waals surface area contributed by atoms with Crippen molar-refractivity contribution in [2.45, 2.75) is 19.4 Å². The molecule has 1 unspecified atom stereocenters. The molecule has 28 heavy (non-hydrogen) atoms. The van der Waals surface area contributed by atoms with Crippen molar-refractivity contribution in [3.63, 3.8) is 0 Å². The minimum atomic E-state index is -0.574. The summed E-state index contributed by atoms with van der Waals surface area (Å²) in [5.41, 5.74) is 1.37. The van der Waals surface area contributed by atoms with Crippen molar-refractivity contribution < 1.29 is 13.2 Å². The smallest absolute Gasteiger partial charge is 0.205 e. The monoisotopic (exact) mass is 404 g/mol. The third kappa shape index (κ3) is 3.96. The lowest BCUT2D eigenvalue weighted by Gasteiger charge is -2.41. The van der Waals surface area contributed by atoms with Crippen molar-refractivity contribution in [3.8, 4) is 0 Å². The summed E-state index contributed by atoms with van der Waals surface area (Å²) in [6, 6.07) is 10.0. The average molecular weight is 404 g/mol. The quantitative estimate of drug-likeness (QED) is 0.650. The van der Waals surface area contributed by atoms with E-state index in [4.69, 9.17) is 0 Å². The van der Waals surface area contributed by atoms with Crippen LogP contribution < -0.4 is 9.80 Å². The molecule has 0 aliphatic carbocycles. The second kappa shape index (κ2) is 7.79. The zero-order chi connectivity index (χ0) is 19.7. The molecule has 2 heterocycles. The van der Waals surface area contributed by atoms with Crippen LogP contribution in [-0.2, 0) is 6.42 Å². The minimum Gasteiger partial charge on any atom is -0.363 e. The molecule has 2 aromatic carbocycles. The maximum atomic E-state index is 14.1. The number of piperazine rings is 1. The van der Waals surface area contributed by atoms with E-state index < -0.39 is 11.6 Å². The summed E-state index contributed by atoms with van der Waals surface area (Å²) < 4.78 is 44.7. The van der Waals surface area contributed by atoms with Gasteiger partial charge < -0.3 is 9.80 Å². The van der Waals surface area contributed by atoms with E-state index in [1.165, 1.54) is 35.8 Å². The summed E-state index contributed by atoms with van der Waals surface area (Å²) in [5, 5.41) is 0.822. The number of halogens is 3. The molecule has 0 bridgehead atoms. The number of aromatic nitrogens is 2. The molecule has 0 amide bonds. The van der Waals surface area contributed by atoms with Crippen LogP contribution >= 0.6 is 11.5 Å². The number of hydrogen-bond acceptors (Lipinski definition) is 5. The fourth-order valence-corrected chi connectivity index (χ4v) is 4.15. The van der Waals surface area contributed by atoms with E-state index in [0.717, 1.165) is 16.8 Å². The lowest BCUT2D eigenvalue weighted by molar-refractivity contribution is 0.527. The van der Waals surface area contributed by atoms with Gasteiger partial charge in [-0.3, -0.25) is 0 Å². The molecule has 1 aliphatic heterocycles. The van der Waals surface area contributed by atoms with E-state index in [1.807, 2.05) is 11.8 Å². The van der Waals surface area contributed by atoms with Gasteiger partial charge in [-0.1, -0.05) is 12.1 Å². The molecular formula is C20H19F3N4S. The third-order valence-electron chi connectivity index (χ3n) is 4.85. The van der Waals surface area contributed by atoms with Gasteiger partial charge in [-0.2, -0.15) is 4.37 Å². The summed E-state index contributed by atoms with van der Waals surface area (Å²) in [5.74, 6) is -0.681. The van der Waals surface area contributed by atoms with Gasteiger partial charge in [-0.05, 0) is 36.8 Å². The predicted molar refractivity (Wildman–Crippen MR) is 104 cm³/mol. The molecule has 4 rings (SSSR count). The van der Waals surface area contributed by atoms with Gasteiger partial charge in [0.15, 0.2) is 0 Å². The summed E-state index contributed by atoms with van der Waals surface area (Å²) in [6.07, 6.45) is 0.549. The Morgan fingerprint density at radius 2 is 1.79 bits per heavy atom. The molecule has 146 valence electrons. The van der Waals surface area contributed by atoms with Gasteiger partial charge in [-0.15, -0.1) is 0 Å². The summed E-state index contributed by atoms with van der Waals surface area (Å²) >= 11 is 1.33. The normalized spacial score (nSPS) is 17.2. The van der Waals surface area contributed by atoms with Crippen molar-refractivity contribution in [1.29, 1.82) is 0 Å². The van der Waals surface area contributed by atoms with Gasteiger partial charge in [0, 0.05) is 49.7 Å². The van der Waals surface area contributed by atoms with Crippen molar-refractivity contribution in [2.24, 2.45) is 0 Å². The van der Waals surface area contributed by atoms with E-state index in [-0.39, 0.29) is 11.9 Å². The maximum Gasteiger partial charge on any atom is 0.205 e. The first kappa shape index (κ1) is 18.7. The first-order valence-electron chi connectivity index (χ1n) is 9.03. The molecule has 1 fully saturated rings. The van der Waals surface area contributed by atoms with E-state index in [2.05, 4.69) is 14.3 Å². The van der Waals surface area contributed by atoms with Crippen LogP contribution in [0.4, 0.5) is 24.0 Å². The van der Waals surface area contributed by atoms with Gasteiger partial charge in [0.1, 0.15) is 23.3 Å². The lowest BCUT2D eigenvalue weighted by atomic mass is 10.1. The van der Waals surface area contributed by atoms with Crippen LogP contribution in [-0.4, -0.2) is 35.0 Å². The molecule has 1 atom stereocenters. The summed E-state index contributed by atoms with van der Waals surface area (Å²) in [6.45, 7) is 3.96. The van der Waals surface area contributed by atoms with E-state index in [0.29, 0.717) is 37.6 Å². The summed E-state index contributed by atoms with van der Waals surface area (Å²) in [7, 11) is 0. The number of nitrogens with zero attached hydrogens (tertiary/aromatic N) is 4. The lowest BCUT2D eigenvalue weighted by Crippen LogP contribution is -2.52. The Morgan fingerprint density at radius 3 is 2.50 bits per heavy atom. The number of benzene rings is 2. The highest BCUT2D eigenvalue weighted by Crippen LogP contribution is 2.27. The van der Waals surface area contributed by atoms with E-state index >= 15 is 0 Å². The number of anilines is 2. The van der Waals surface area contributed by atoms with E-state index in [1.54, 1.807) is 12.1 Å². The Hall–Kier alpha value is -2.61. The fourth-order valence-electron chi connectivity index (χ4n) is 3.43. The molecule has 8 heteroatoms. The zero-order valence-corrected chi connectivity index (χ0v) is 16.1. The first-order valence-corrected chi connectivity index (χ1v) is 9.80. The van der Waals surface area contributed by atoms with Crippen molar-refractivity contribution in [3.05, 3.63) is 71.3 Å². The SMILES string of the molecule is CC1CN(c2nc(Cc3ccc(F)cc3)ns2)CCN1c1ccc(F)cc1F. The van der Waals surface area contributed by atoms with Gasteiger partial charge in [0.25, 0.3) is 0 Å². The molecule has 0 N–H and O–H groups in total. The molecule has 1 aliphatic rings. The molecule has 0 spiro atoms. The average Bonchev–Trinajstić information content (AvgIpc) is 3.13. The topological polar surface area (TPSA) is 32.3 Å². The second-order valence-corrected chi connectivity index (χ2v) is 7.61. The third-order valence-corrected chi connectivity index (χ3v) is 5.66. The molecular weight excluding hydrogens is 385 g/mol. The van der Waals surface area contributed by atoms with Crippen LogP contribution in [0.15, 0.2) is 42.5 Å². The van der Waals surface area contributed by atoms with E-state index in [9.17, 15) is 13.2 Å². The Balaban J connectivity index is 1.43. The van der Waals surface area contributed by atoms with Crippen LogP contribution in [0.3, 0.4) is 0 Å². The highest BCUT2D eigenvalue weighted by atomic mass is 32.1. The Labute approximate surface area is 165 Å². The van der Waals surface area contributed by atoms with Crippen LogP contribution in [0.25, 0.3) is 0 Å². The van der Waals surface area contributed by atoms with Gasteiger partial charge in [0.2, 0.25) is 5.13 Å². The molecule has 1 aromatic heterocycles. The van der Waals surface area contributed by atoms with Crippen LogP contribution in [0.5, 0.6) is 0 Å². The molecule has 0 saturated carbocycles. The van der Waals surface area contributed by atoms with Crippen LogP contribution in [0.1, 0.15) is 18.3 Å². The number of hydrogen-bond donors (Lipinski definition) is 0. The predicted octanol–water partition coefficient (Wildman–Crippen LogP) is 4.26. The zero-order valence-electron chi connectivity index (χ0n) is 15.3. The Bertz CT molecular complexity index is 960. The van der Waals surface area contributed by atoms with Crippen LogP contribution in [0.2, 0.25) is 0 Å². The first-order chi connectivity index (χ1) is 13.5. The van der Waals surface area contributed by atoms with Crippen LogP contribution in [0, 0.1) is 17.5 Å². The largest absolute Gasteiger partial charge is 0.363 e. The van der Waals surface area contributed by atoms with Gasteiger partial charge in [0.05, 0.1) is 5.69 Å². The Morgan fingerprint density at radius 1 is 1.04 bits per heavy atom. The summed E-state index contributed by atoms with van der Waals surface area (Å²) in [4.78, 5) is 8.69. The highest BCUT2D eigenvalue weighted by Gasteiger charge is 2.27. The van der Waals surface area contributed by atoms with Crippen molar-refractivity contribution >= 4 is 22.4 Å². The number of rotatable bonds is 4. The second-order valence-electron chi connectivity index (χ2n) is 6.88. The Kier molecular flexibility index (Phi) is 5.21. The van der Waals surface area contributed by atoms with Crippen molar-refractivity contribution in [1.82, 2.24) is 9.36 Å². The highest BCUT2D eigenvalue weighted by molar-refractivity contribution is 7.09. The fraction of sp³-hybridized carbons (Fsp3) is 0.300. The van der Waals surface area contributed by atoms with Gasteiger partial charge in [-0.25, -0.2) is 18.2 Å². The molecule has 3 aromatic rings. The molecule has 0 radical (unpaired) electrons. The minimum absolute atomic E-state index is 0.0400. The van der Waals surface area contributed by atoms with Crippen molar-refractivity contribution in [2.75, 3.05) is 29.4 Å². The molecule has 4 nitrogen and oxygen atoms in total. The maximum absolute atomic E-state index is 14.1. The standard InChI is InChI=1S/C20H19F3N4S/c1-13-12-26(8-9-27(13)18-7-6-16(22)11-17(18)23)20-24-19(25-28-20)10-14-2-4-15(21)5-3-14/h2-7,11,13H,8-10,12H2,1H3. The van der Waals surface area contributed by atoms with Gasteiger partial charge >= 0.3 is 0 Å². The molecule has 1 saturated heterocycles.